The zero-order chi connectivity index (χ0) is 17.8. The van der Waals surface area contributed by atoms with Gasteiger partial charge >= 0.3 is 0 Å². The summed E-state index contributed by atoms with van der Waals surface area (Å²) in [6.45, 7) is 2.30. The second-order valence-electron chi connectivity index (χ2n) is 7.51. The predicted molar refractivity (Wildman–Crippen MR) is 103 cm³/mol. The Morgan fingerprint density at radius 3 is 2.15 bits per heavy atom. The van der Waals surface area contributed by atoms with Crippen LogP contribution in [0, 0.1) is 11.8 Å². The van der Waals surface area contributed by atoms with E-state index >= 15 is 0 Å². The van der Waals surface area contributed by atoms with Gasteiger partial charge in [0.25, 0.3) is 0 Å². The van der Waals surface area contributed by atoms with E-state index in [0.29, 0.717) is 19.0 Å². The van der Waals surface area contributed by atoms with E-state index < -0.39 is 0 Å². The van der Waals surface area contributed by atoms with E-state index in [1.54, 1.807) is 0 Å². The Morgan fingerprint density at radius 2 is 1.54 bits per heavy atom. The minimum absolute atomic E-state index is 0.0659. The van der Waals surface area contributed by atoms with Crippen molar-refractivity contribution >= 4 is 5.91 Å². The number of carbonyl (C=O) groups excluding carboxylic acids is 1. The van der Waals surface area contributed by atoms with Crippen LogP contribution >= 0.6 is 0 Å². The largest absolute Gasteiger partial charge is 0.334 e. The van der Waals surface area contributed by atoms with Gasteiger partial charge in [-0.05, 0) is 29.9 Å². The van der Waals surface area contributed by atoms with Crippen molar-refractivity contribution in [3.05, 3.63) is 71.8 Å². The van der Waals surface area contributed by atoms with Gasteiger partial charge in [0.15, 0.2) is 0 Å². The quantitative estimate of drug-likeness (QED) is 0.872. The smallest absolute Gasteiger partial charge is 0.227 e. The topological polar surface area (TPSA) is 44.4 Å². The molecule has 3 unspecified atom stereocenters. The number of fused-ring (bicyclic) bond motifs is 1. The lowest BCUT2D eigenvalue weighted by atomic mass is 9.77. The third-order valence-corrected chi connectivity index (χ3v) is 5.73. The van der Waals surface area contributed by atoms with Gasteiger partial charge < -0.3 is 4.90 Å². The summed E-state index contributed by atoms with van der Waals surface area (Å²) < 4.78 is 0. The highest BCUT2D eigenvalue weighted by atomic mass is 16.2. The summed E-state index contributed by atoms with van der Waals surface area (Å²) in [7, 11) is 0. The molecule has 1 saturated heterocycles. The molecule has 2 aliphatic rings. The Morgan fingerprint density at radius 1 is 0.923 bits per heavy atom. The second kappa shape index (κ2) is 8.02. The highest BCUT2D eigenvalue weighted by Crippen LogP contribution is 2.33. The van der Waals surface area contributed by atoms with Crippen molar-refractivity contribution < 1.29 is 4.79 Å². The molecule has 1 amide bonds. The fraction of sp³-hybridized carbons (Fsp3) is 0.409. The van der Waals surface area contributed by atoms with Crippen LogP contribution in [0.1, 0.15) is 30.4 Å². The van der Waals surface area contributed by atoms with E-state index in [1.165, 1.54) is 17.5 Å². The molecule has 2 aromatic rings. The fourth-order valence-electron chi connectivity index (χ4n) is 4.37. The van der Waals surface area contributed by atoms with E-state index in [-0.39, 0.29) is 17.9 Å². The van der Waals surface area contributed by atoms with Crippen LogP contribution < -0.4 is 10.9 Å². The molecule has 4 heteroatoms. The Bertz CT molecular complexity index is 677. The molecule has 0 radical (unpaired) electrons. The van der Waals surface area contributed by atoms with Crippen LogP contribution in [0.4, 0.5) is 0 Å². The average Bonchev–Trinajstić information content (AvgIpc) is 3.17. The molecule has 4 rings (SSSR count). The van der Waals surface area contributed by atoms with E-state index in [1.807, 2.05) is 41.3 Å². The van der Waals surface area contributed by atoms with Gasteiger partial charge in [-0.1, -0.05) is 67.1 Å². The van der Waals surface area contributed by atoms with E-state index in [0.717, 1.165) is 19.4 Å². The highest BCUT2D eigenvalue weighted by molar-refractivity contribution is 5.80. The Balaban J connectivity index is 1.55. The van der Waals surface area contributed by atoms with Gasteiger partial charge in [0.05, 0.1) is 5.92 Å². The summed E-state index contributed by atoms with van der Waals surface area (Å²) in [5.74, 6) is 0.924. The lowest BCUT2D eigenvalue weighted by Crippen LogP contribution is -2.48. The molecule has 0 bridgehead atoms. The van der Waals surface area contributed by atoms with Crippen molar-refractivity contribution in [2.45, 2.75) is 38.4 Å². The summed E-state index contributed by atoms with van der Waals surface area (Å²) in [6.07, 6.45) is 3.34. The molecule has 136 valence electrons. The number of carbonyl (C=O) groups is 1. The van der Waals surface area contributed by atoms with Crippen LogP contribution in [-0.2, 0) is 17.9 Å². The zero-order valence-electron chi connectivity index (χ0n) is 15.1. The van der Waals surface area contributed by atoms with Crippen LogP contribution in [0.5, 0.6) is 0 Å². The van der Waals surface area contributed by atoms with Crippen molar-refractivity contribution in [2.24, 2.45) is 11.8 Å². The number of hydrogen-bond acceptors (Lipinski definition) is 3. The van der Waals surface area contributed by atoms with Crippen LogP contribution in [0.15, 0.2) is 60.7 Å². The third kappa shape index (κ3) is 3.81. The molecule has 1 heterocycles. The standard InChI is InChI=1S/C22H27N3O/c26-22(20-13-7-12-19-14-23-24-21(19)20)25(15-17-8-3-1-4-9-17)16-18-10-5-2-6-11-18/h1-6,8-11,19-21,23-24H,7,12-16H2. The first-order valence-electron chi connectivity index (χ1n) is 9.66. The number of hydrazine groups is 1. The monoisotopic (exact) mass is 349 g/mol. The van der Waals surface area contributed by atoms with E-state index in [9.17, 15) is 4.79 Å². The number of nitrogens with zero attached hydrogens (tertiary/aromatic N) is 1. The van der Waals surface area contributed by atoms with Gasteiger partial charge in [0, 0.05) is 25.7 Å². The SMILES string of the molecule is O=C(C1CCCC2CNNC21)N(Cc1ccccc1)Cc1ccccc1. The minimum Gasteiger partial charge on any atom is -0.334 e. The van der Waals surface area contributed by atoms with Crippen LogP contribution in [0.25, 0.3) is 0 Å². The molecular weight excluding hydrogens is 322 g/mol. The minimum atomic E-state index is 0.0659. The van der Waals surface area contributed by atoms with Gasteiger partial charge in [-0.3, -0.25) is 15.6 Å². The molecule has 4 nitrogen and oxygen atoms in total. The van der Waals surface area contributed by atoms with Gasteiger partial charge in [0.2, 0.25) is 5.91 Å². The maximum absolute atomic E-state index is 13.5. The first kappa shape index (κ1) is 17.3. The Hall–Kier alpha value is -2.17. The van der Waals surface area contributed by atoms with Gasteiger partial charge in [-0.15, -0.1) is 0 Å². The molecular formula is C22H27N3O. The summed E-state index contributed by atoms with van der Waals surface area (Å²) in [6, 6.07) is 20.9. The van der Waals surface area contributed by atoms with Crippen molar-refractivity contribution in [1.29, 1.82) is 0 Å². The normalized spacial score (nSPS) is 24.8. The lowest BCUT2D eigenvalue weighted by Gasteiger charge is -2.35. The summed E-state index contributed by atoms with van der Waals surface area (Å²) in [5, 5.41) is 0. The van der Waals surface area contributed by atoms with E-state index in [4.69, 9.17) is 0 Å². The predicted octanol–water partition coefficient (Wildman–Crippen LogP) is 3.11. The molecule has 26 heavy (non-hydrogen) atoms. The van der Waals surface area contributed by atoms with Crippen molar-refractivity contribution in [1.82, 2.24) is 15.8 Å². The number of rotatable bonds is 5. The Kier molecular flexibility index (Phi) is 5.32. The summed E-state index contributed by atoms with van der Waals surface area (Å²) >= 11 is 0. The molecule has 2 aromatic carbocycles. The third-order valence-electron chi connectivity index (χ3n) is 5.73. The van der Waals surface area contributed by atoms with Crippen LogP contribution in [0.3, 0.4) is 0 Å². The Labute approximate surface area is 155 Å². The zero-order valence-corrected chi connectivity index (χ0v) is 15.1. The van der Waals surface area contributed by atoms with Crippen LogP contribution in [0.2, 0.25) is 0 Å². The van der Waals surface area contributed by atoms with Gasteiger partial charge in [-0.25, -0.2) is 0 Å². The second-order valence-corrected chi connectivity index (χ2v) is 7.51. The van der Waals surface area contributed by atoms with Crippen LogP contribution in [-0.4, -0.2) is 23.4 Å². The fourth-order valence-corrected chi connectivity index (χ4v) is 4.37. The van der Waals surface area contributed by atoms with Crippen molar-refractivity contribution in [3.8, 4) is 0 Å². The highest BCUT2D eigenvalue weighted by Gasteiger charge is 2.41. The summed E-state index contributed by atoms with van der Waals surface area (Å²) in [4.78, 5) is 15.5. The summed E-state index contributed by atoms with van der Waals surface area (Å²) in [5.41, 5.74) is 9.01. The van der Waals surface area contributed by atoms with Gasteiger partial charge in [0.1, 0.15) is 0 Å². The molecule has 0 aromatic heterocycles. The number of benzene rings is 2. The molecule has 1 aliphatic carbocycles. The number of nitrogens with one attached hydrogen (secondary N) is 2. The van der Waals surface area contributed by atoms with Crippen molar-refractivity contribution in [2.75, 3.05) is 6.54 Å². The number of hydrogen-bond donors (Lipinski definition) is 2. The first-order chi connectivity index (χ1) is 12.8. The first-order valence-corrected chi connectivity index (χ1v) is 9.66. The molecule has 2 N–H and O–H groups in total. The molecule has 1 aliphatic heterocycles. The van der Waals surface area contributed by atoms with E-state index in [2.05, 4.69) is 35.1 Å². The van der Waals surface area contributed by atoms with Crippen molar-refractivity contribution in [3.63, 3.8) is 0 Å². The number of amides is 1. The van der Waals surface area contributed by atoms with Gasteiger partial charge in [-0.2, -0.15) is 0 Å². The molecule has 3 atom stereocenters. The maximum Gasteiger partial charge on any atom is 0.227 e. The molecule has 2 fully saturated rings. The molecule has 0 spiro atoms. The average molecular weight is 349 g/mol. The maximum atomic E-state index is 13.5. The lowest BCUT2D eigenvalue weighted by molar-refractivity contribution is -0.139. The molecule has 1 saturated carbocycles.